The van der Waals surface area contributed by atoms with Gasteiger partial charge >= 0.3 is 0 Å². The summed E-state index contributed by atoms with van der Waals surface area (Å²) >= 11 is 0. The molecule has 5 heterocycles. The van der Waals surface area contributed by atoms with Crippen LogP contribution in [0, 0.1) is 5.92 Å². The van der Waals surface area contributed by atoms with Gasteiger partial charge in [0.05, 0.1) is 24.5 Å². The van der Waals surface area contributed by atoms with Crippen LogP contribution in [0.25, 0.3) is 28.3 Å². The van der Waals surface area contributed by atoms with Gasteiger partial charge in [-0.05, 0) is 43.3 Å². The van der Waals surface area contributed by atoms with E-state index in [9.17, 15) is 4.79 Å². The number of nitrogens with zero attached hydrogens (tertiary/aromatic N) is 8. The van der Waals surface area contributed by atoms with Crippen LogP contribution in [0.5, 0.6) is 5.75 Å². The van der Waals surface area contributed by atoms with E-state index in [1.54, 1.807) is 36.4 Å². The van der Waals surface area contributed by atoms with Gasteiger partial charge in [-0.1, -0.05) is 24.3 Å². The predicted molar refractivity (Wildman–Crippen MR) is 164 cm³/mol. The highest BCUT2D eigenvalue weighted by molar-refractivity contribution is 5.93. The fraction of sp³-hybridized carbons (Fsp3) is 0.323. The average Bonchev–Trinajstić information content (AvgIpc) is 3.87. The number of hydrogen-bond acceptors (Lipinski definition) is 10. The van der Waals surface area contributed by atoms with E-state index >= 15 is 0 Å². The molecule has 0 spiro atoms. The van der Waals surface area contributed by atoms with Crippen molar-refractivity contribution in [2.24, 2.45) is 5.92 Å². The van der Waals surface area contributed by atoms with Gasteiger partial charge in [0.1, 0.15) is 12.4 Å². The van der Waals surface area contributed by atoms with Gasteiger partial charge in [0, 0.05) is 44.9 Å². The molecule has 1 aliphatic carbocycles. The van der Waals surface area contributed by atoms with Crippen LogP contribution in [-0.4, -0.2) is 86.7 Å². The molecule has 13 heteroatoms. The first-order valence-electron chi connectivity index (χ1n) is 14.5. The molecular weight excluding hydrogens is 562 g/mol. The Bertz CT molecular complexity index is 1840. The van der Waals surface area contributed by atoms with Gasteiger partial charge in [0.15, 0.2) is 22.6 Å². The summed E-state index contributed by atoms with van der Waals surface area (Å²) in [5, 5.41) is 9.86. The lowest BCUT2D eigenvalue weighted by Gasteiger charge is -2.42. The molecule has 7 rings (SSSR count). The van der Waals surface area contributed by atoms with Crippen molar-refractivity contribution in [1.29, 1.82) is 0 Å². The molecule has 5 aromatic rings. The minimum atomic E-state index is -1.10. The van der Waals surface area contributed by atoms with Crippen LogP contribution in [0.1, 0.15) is 6.92 Å². The molecule has 44 heavy (non-hydrogen) atoms. The zero-order chi connectivity index (χ0) is 30.3. The molecule has 2 aliphatic rings. The normalized spacial score (nSPS) is 16.8. The van der Waals surface area contributed by atoms with Crippen LogP contribution in [0.3, 0.4) is 0 Å². The molecule has 1 aromatic carbocycles. The quantitative estimate of drug-likeness (QED) is 0.253. The Labute approximate surface area is 253 Å². The molecule has 1 atom stereocenters. The number of fused-ring (bicyclic) bond motifs is 3. The lowest BCUT2D eigenvalue weighted by atomic mass is 9.84. The number of furan rings is 1. The van der Waals surface area contributed by atoms with E-state index in [2.05, 4.69) is 20.0 Å². The molecule has 1 amide bonds. The van der Waals surface area contributed by atoms with E-state index < -0.39 is 5.54 Å². The molecule has 1 saturated heterocycles. The minimum absolute atomic E-state index is 0.0387. The summed E-state index contributed by atoms with van der Waals surface area (Å²) in [4.78, 5) is 28.1. The SMILES string of the molecule is COCCOc1ccc(N2CCN(C(=O)C(C)(C3C=CC=C3)n3ncc4c3nc(N)n3nc(-c5ccco5)nc43)CC2)cc1. The van der Waals surface area contributed by atoms with Crippen LogP contribution < -0.4 is 15.4 Å². The molecule has 226 valence electrons. The molecule has 13 nitrogen and oxygen atoms in total. The second kappa shape index (κ2) is 11.2. The number of piperazine rings is 1. The lowest BCUT2D eigenvalue weighted by Crippen LogP contribution is -2.57. The van der Waals surface area contributed by atoms with E-state index in [0.29, 0.717) is 67.7 Å². The third-order valence-electron chi connectivity index (χ3n) is 8.37. The highest BCUT2D eigenvalue weighted by Gasteiger charge is 2.46. The summed E-state index contributed by atoms with van der Waals surface area (Å²) in [6.07, 6.45) is 11.2. The van der Waals surface area contributed by atoms with E-state index in [1.165, 1.54) is 4.52 Å². The largest absolute Gasteiger partial charge is 0.491 e. The van der Waals surface area contributed by atoms with Crippen LogP contribution >= 0.6 is 0 Å². The van der Waals surface area contributed by atoms with Crippen LogP contribution in [0.2, 0.25) is 0 Å². The standard InChI is InChI=1S/C31H33N9O4/c1-31(21-6-3-4-7-21,29(41)38-15-13-37(14-16-38)22-9-11-23(12-10-22)43-19-18-42-2)40-28-24(20-33-40)27-34-26(25-8-5-17-44-25)36-39(27)30(32)35-28/h3-12,17,20-21H,13-16,18-19H2,1-2H3,(H2,32,35). The van der Waals surface area contributed by atoms with Gasteiger partial charge in [-0.25, -0.2) is 9.67 Å². The van der Waals surface area contributed by atoms with Crippen molar-refractivity contribution < 1.29 is 18.7 Å². The maximum Gasteiger partial charge on any atom is 0.251 e. The molecule has 1 fully saturated rings. The molecular formula is C31H33N9O4. The Morgan fingerprint density at radius 1 is 1.05 bits per heavy atom. The van der Waals surface area contributed by atoms with E-state index in [0.717, 1.165) is 11.4 Å². The molecule has 0 saturated carbocycles. The van der Waals surface area contributed by atoms with Crippen molar-refractivity contribution in [3.63, 3.8) is 0 Å². The van der Waals surface area contributed by atoms with E-state index in [1.807, 2.05) is 60.4 Å². The van der Waals surface area contributed by atoms with Gasteiger partial charge in [-0.2, -0.15) is 14.6 Å². The number of nitrogen functional groups attached to an aromatic ring is 1. The van der Waals surface area contributed by atoms with Crippen molar-refractivity contribution in [3.8, 4) is 17.3 Å². The van der Waals surface area contributed by atoms with E-state index in [4.69, 9.17) is 24.7 Å². The third-order valence-corrected chi connectivity index (χ3v) is 8.37. The molecule has 0 radical (unpaired) electrons. The number of carbonyl (C=O) groups is 1. The number of nitrogens with two attached hydrogens (primary N) is 1. The first-order valence-corrected chi connectivity index (χ1v) is 14.5. The second-order valence-corrected chi connectivity index (χ2v) is 11.0. The Hall–Kier alpha value is -5.17. The fourth-order valence-electron chi connectivity index (χ4n) is 5.92. The van der Waals surface area contributed by atoms with Crippen molar-refractivity contribution in [3.05, 3.63) is 73.2 Å². The van der Waals surface area contributed by atoms with Crippen LogP contribution in [0.15, 0.2) is 77.6 Å². The van der Waals surface area contributed by atoms with Gasteiger partial charge < -0.3 is 29.4 Å². The highest BCUT2D eigenvalue weighted by atomic mass is 16.5. The number of allylic oxidation sites excluding steroid dienone is 4. The molecule has 1 aliphatic heterocycles. The number of aromatic nitrogens is 6. The van der Waals surface area contributed by atoms with Gasteiger partial charge in [0.25, 0.3) is 5.91 Å². The summed E-state index contributed by atoms with van der Waals surface area (Å²) in [5.41, 5.74) is 7.31. The number of anilines is 2. The van der Waals surface area contributed by atoms with E-state index in [-0.39, 0.29) is 17.8 Å². The topological polar surface area (TPSA) is 142 Å². The third kappa shape index (κ3) is 4.65. The zero-order valence-corrected chi connectivity index (χ0v) is 24.5. The maximum absolute atomic E-state index is 14.5. The minimum Gasteiger partial charge on any atom is -0.491 e. The van der Waals surface area contributed by atoms with Crippen molar-refractivity contribution in [1.82, 2.24) is 34.3 Å². The summed E-state index contributed by atoms with van der Waals surface area (Å²) in [5.74, 6) is 1.56. The van der Waals surface area contributed by atoms with Gasteiger partial charge in [0.2, 0.25) is 11.8 Å². The lowest BCUT2D eigenvalue weighted by molar-refractivity contribution is -0.142. The highest BCUT2D eigenvalue weighted by Crippen LogP contribution is 2.36. The monoisotopic (exact) mass is 595 g/mol. The first-order chi connectivity index (χ1) is 21.5. The van der Waals surface area contributed by atoms with Crippen LogP contribution in [0.4, 0.5) is 11.6 Å². The summed E-state index contributed by atoms with van der Waals surface area (Å²) < 4.78 is 19.4. The Balaban J connectivity index is 1.17. The second-order valence-electron chi connectivity index (χ2n) is 11.0. The number of amides is 1. The number of benzene rings is 1. The Morgan fingerprint density at radius 3 is 2.52 bits per heavy atom. The average molecular weight is 596 g/mol. The van der Waals surface area contributed by atoms with Crippen molar-refractivity contribution >= 4 is 34.2 Å². The Kier molecular flexibility index (Phi) is 7.01. The van der Waals surface area contributed by atoms with Crippen molar-refractivity contribution in [2.75, 3.05) is 57.1 Å². The van der Waals surface area contributed by atoms with Crippen molar-refractivity contribution in [2.45, 2.75) is 12.5 Å². The summed E-state index contributed by atoms with van der Waals surface area (Å²) in [6.45, 7) is 5.49. The Morgan fingerprint density at radius 2 is 1.82 bits per heavy atom. The summed E-state index contributed by atoms with van der Waals surface area (Å²) in [6, 6.07) is 11.6. The molecule has 1 unspecified atom stereocenters. The predicted octanol–water partition coefficient (Wildman–Crippen LogP) is 3.15. The van der Waals surface area contributed by atoms with Gasteiger partial charge in [-0.15, -0.1) is 5.10 Å². The van der Waals surface area contributed by atoms with Gasteiger partial charge in [-0.3, -0.25) is 4.79 Å². The number of rotatable bonds is 9. The first kappa shape index (κ1) is 27.7. The molecule has 0 bridgehead atoms. The number of methoxy groups -OCH3 is 1. The number of hydrogen-bond donors (Lipinski definition) is 1. The molecule has 4 aromatic heterocycles. The zero-order valence-electron chi connectivity index (χ0n) is 24.5. The number of carbonyl (C=O) groups excluding carboxylic acids is 1. The number of ether oxygens (including phenoxy) is 2. The van der Waals surface area contributed by atoms with Crippen LogP contribution in [-0.2, 0) is 15.1 Å². The maximum atomic E-state index is 14.5. The summed E-state index contributed by atoms with van der Waals surface area (Å²) in [7, 11) is 1.65. The smallest absolute Gasteiger partial charge is 0.251 e. The molecule has 2 N–H and O–H groups in total. The fourth-order valence-corrected chi connectivity index (χ4v) is 5.92.